The molecule has 0 aliphatic heterocycles. The van der Waals surface area contributed by atoms with Crippen molar-refractivity contribution < 1.29 is 55.2 Å². The second kappa shape index (κ2) is 19.9. The maximum absolute atomic E-state index is 11.1. The normalized spacial score (nSPS) is 11.6. The van der Waals surface area contributed by atoms with Crippen molar-refractivity contribution in [2.24, 2.45) is 0 Å². The van der Waals surface area contributed by atoms with Gasteiger partial charge in [0.25, 0.3) is 20.2 Å². The van der Waals surface area contributed by atoms with Gasteiger partial charge in [-0.05, 0) is 12.1 Å². The van der Waals surface area contributed by atoms with Crippen molar-refractivity contribution in [1.82, 2.24) is 34.9 Å². The highest BCUT2D eigenvalue weighted by molar-refractivity contribution is 7.94. The molecular formula is C19H29N13O12S4. The fourth-order valence-corrected chi connectivity index (χ4v) is 4.40. The molecule has 0 atom stereocenters. The average molecular weight is 760 g/mol. The number of anilines is 8. The van der Waals surface area contributed by atoms with Crippen LogP contribution in [0, 0.1) is 0 Å². The number of nitrogens with one attached hydrogen (secondary N) is 6. The lowest BCUT2D eigenvalue weighted by atomic mass is 10.4. The van der Waals surface area contributed by atoms with E-state index in [1.54, 1.807) is 18.2 Å². The average Bonchev–Trinajstić information content (AvgIpc) is 3.00. The van der Waals surface area contributed by atoms with E-state index in [1.807, 2.05) is 0 Å². The van der Waals surface area contributed by atoms with Crippen molar-refractivity contribution >= 4 is 91.6 Å². The van der Waals surface area contributed by atoms with Crippen LogP contribution in [0.5, 0.6) is 0 Å². The molecule has 0 bridgehead atoms. The predicted molar refractivity (Wildman–Crippen MR) is 172 cm³/mol. The molecule has 10 N–H and O–H groups in total. The van der Waals surface area contributed by atoms with Crippen molar-refractivity contribution in [3.05, 3.63) is 18.2 Å². The first-order valence-corrected chi connectivity index (χ1v) is 18.0. The molecule has 3 aromatic rings. The summed E-state index contributed by atoms with van der Waals surface area (Å²) in [5.74, 6) is -0.128. The molecule has 0 spiro atoms. The first kappa shape index (κ1) is 38.7. The summed E-state index contributed by atoms with van der Waals surface area (Å²) in [7, 11) is -8.56. The molecular weight excluding hydrogens is 731 g/mol. The van der Waals surface area contributed by atoms with Crippen LogP contribution in [-0.2, 0) is 39.0 Å². The fourth-order valence-electron chi connectivity index (χ4n) is 3.09. The molecule has 266 valence electrons. The maximum atomic E-state index is 11.1. The molecule has 3 heterocycles. The number of pyridine rings is 1. The number of hydrogen-bond acceptors (Lipinski definition) is 25. The summed E-state index contributed by atoms with van der Waals surface area (Å²) >= 11 is 1.65. The summed E-state index contributed by atoms with van der Waals surface area (Å²) < 4.78 is 71.0. The molecule has 48 heavy (non-hydrogen) atoms. The lowest BCUT2D eigenvalue weighted by Crippen LogP contribution is -2.19. The molecule has 29 heteroatoms. The van der Waals surface area contributed by atoms with E-state index in [0.717, 1.165) is 24.1 Å². The highest BCUT2D eigenvalue weighted by Crippen LogP contribution is 2.19. The largest absolute Gasteiger partial charge is 0.353 e. The van der Waals surface area contributed by atoms with Gasteiger partial charge < -0.3 is 31.9 Å². The van der Waals surface area contributed by atoms with Gasteiger partial charge >= 0.3 is 0 Å². The number of nitrogens with zero attached hydrogens (tertiary/aromatic N) is 7. The van der Waals surface area contributed by atoms with Gasteiger partial charge in [0.2, 0.25) is 35.7 Å². The Morgan fingerprint density at radius 2 is 0.917 bits per heavy atom. The van der Waals surface area contributed by atoms with Gasteiger partial charge in [0.1, 0.15) is 11.6 Å². The number of rotatable bonds is 24. The summed E-state index contributed by atoms with van der Waals surface area (Å²) in [5, 5.41) is 40.5. The standard InChI is InChI=1S/C19H29N13O12S4/c33-41-43-45-8-4-20-14-27-15(21-5-9-46-44-42-34)30-18(29-14)25-12-2-1-3-13(24-12)26-19-31-16(22-6-10-47(35,36)37)28-17(32-19)23-7-11-48(38,39)40/h1-3,33-34H,4-11H2,(H,35,36,37)(H,38,39,40)(H6,20,21,22,23,24,25,26,27,28,29,30,31,32). The molecule has 0 saturated carbocycles. The summed E-state index contributed by atoms with van der Waals surface area (Å²) in [5.41, 5.74) is 0. The zero-order valence-electron chi connectivity index (χ0n) is 24.2. The molecule has 0 aliphatic rings. The molecule has 0 saturated heterocycles. The fraction of sp³-hybridized carbons (Fsp3) is 0.421. The third-order valence-corrected chi connectivity index (χ3v) is 7.38. The first-order chi connectivity index (χ1) is 22.9. The third-order valence-electron chi connectivity index (χ3n) is 4.88. The number of hydrogen-bond donors (Lipinski definition) is 10. The van der Waals surface area contributed by atoms with Crippen LogP contribution in [0.2, 0.25) is 0 Å². The van der Waals surface area contributed by atoms with Gasteiger partial charge in [0.05, 0.1) is 11.5 Å². The summed E-state index contributed by atoms with van der Waals surface area (Å²) in [6.07, 6.45) is 0. The van der Waals surface area contributed by atoms with Crippen molar-refractivity contribution in [1.29, 1.82) is 0 Å². The van der Waals surface area contributed by atoms with E-state index in [-0.39, 0.29) is 60.4 Å². The molecule has 3 rings (SSSR count). The second-order valence-corrected chi connectivity index (χ2v) is 13.2. The van der Waals surface area contributed by atoms with E-state index < -0.39 is 31.7 Å². The van der Waals surface area contributed by atoms with E-state index in [4.69, 9.17) is 19.6 Å². The minimum absolute atomic E-state index is 0.0700. The number of aromatic nitrogens is 7. The molecule has 0 aromatic carbocycles. The minimum Gasteiger partial charge on any atom is -0.353 e. The first-order valence-electron chi connectivity index (χ1n) is 13.0. The van der Waals surface area contributed by atoms with Gasteiger partial charge in [-0.3, -0.25) is 9.11 Å². The van der Waals surface area contributed by atoms with Crippen molar-refractivity contribution in [3.63, 3.8) is 0 Å². The Bertz CT molecular complexity index is 1570. The van der Waals surface area contributed by atoms with Gasteiger partial charge in [-0.15, -0.1) is 8.67 Å². The molecule has 0 aliphatic carbocycles. The quantitative estimate of drug-likeness (QED) is 0.0195. The van der Waals surface area contributed by atoms with Crippen LogP contribution in [0.25, 0.3) is 0 Å². The third kappa shape index (κ3) is 16.4. The van der Waals surface area contributed by atoms with E-state index in [0.29, 0.717) is 24.6 Å². The Hall–Kier alpha value is -3.75. The predicted octanol–water partition coefficient (Wildman–Crippen LogP) is 0.501. The van der Waals surface area contributed by atoms with Gasteiger partial charge in [-0.2, -0.15) is 46.7 Å². The highest BCUT2D eigenvalue weighted by atomic mass is 32.2. The highest BCUT2D eigenvalue weighted by Gasteiger charge is 2.13. The van der Waals surface area contributed by atoms with Crippen LogP contribution < -0.4 is 31.9 Å². The van der Waals surface area contributed by atoms with Crippen LogP contribution in [0.3, 0.4) is 0 Å². The van der Waals surface area contributed by atoms with Crippen LogP contribution >= 0.6 is 24.1 Å². The van der Waals surface area contributed by atoms with E-state index in [2.05, 4.69) is 85.5 Å². The molecule has 25 nitrogen and oxygen atoms in total. The zero-order valence-corrected chi connectivity index (χ0v) is 27.5. The lowest BCUT2D eigenvalue weighted by Gasteiger charge is -2.12. The van der Waals surface area contributed by atoms with Crippen molar-refractivity contribution in [2.45, 2.75) is 0 Å². The molecule has 3 aromatic heterocycles. The zero-order chi connectivity index (χ0) is 34.8. The molecule has 0 fully saturated rings. The molecule has 0 radical (unpaired) electrons. The van der Waals surface area contributed by atoms with E-state index in [9.17, 15) is 16.8 Å². The molecule has 0 unspecified atom stereocenters. The van der Waals surface area contributed by atoms with Crippen molar-refractivity contribution in [2.75, 3.05) is 81.1 Å². The summed E-state index contributed by atoms with van der Waals surface area (Å²) in [4.78, 5) is 29.6. The van der Waals surface area contributed by atoms with E-state index >= 15 is 0 Å². The van der Waals surface area contributed by atoms with Crippen LogP contribution in [0.15, 0.2) is 18.2 Å². The Morgan fingerprint density at radius 3 is 1.27 bits per heavy atom. The Morgan fingerprint density at radius 1 is 0.562 bits per heavy atom. The molecule has 0 amide bonds. The van der Waals surface area contributed by atoms with Crippen molar-refractivity contribution in [3.8, 4) is 0 Å². The topological polar surface area (TPSA) is 349 Å². The SMILES string of the molecule is O=S(=O)(O)CCNc1nc(NCCS(=O)(=O)O)nc(Nc2cccc(Nc3nc(NCCSOOO)nc(NCCSOOO)n3)n2)n1. The van der Waals surface area contributed by atoms with Gasteiger partial charge in [0, 0.05) is 61.8 Å². The van der Waals surface area contributed by atoms with Gasteiger partial charge in [-0.1, -0.05) is 16.1 Å². The van der Waals surface area contributed by atoms with Crippen LogP contribution in [0.1, 0.15) is 0 Å². The lowest BCUT2D eigenvalue weighted by molar-refractivity contribution is -0.432. The van der Waals surface area contributed by atoms with Gasteiger partial charge in [-0.25, -0.2) is 15.5 Å². The van der Waals surface area contributed by atoms with E-state index in [1.165, 1.54) is 0 Å². The Labute approximate surface area is 280 Å². The van der Waals surface area contributed by atoms with Crippen LogP contribution in [0.4, 0.5) is 47.3 Å². The Kier molecular flexibility index (Phi) is 16.1. The van der Waals surface area contributed by atoms with Gasteiger partial charge in [0.15, 0.2) is 0 Å². The smallest absolute Gasteiger partial charge is 0.266 e. The minimum atomic E-state index is -4.28. The second-order valence-electron chi connectivity index (χ2n) is 8.48. The maximum Gasteiger partial charge on any atom is 0.266 e. The monoisotopic (exact) mass is 759 g/mol. The summed E-state index contributed by atoms with van der Waals surface area (Å²) in [6, 6.07) is 4.78. The summed E-state index contributed by atoms with van der Waals surface area (Å²) in [6.45, 7) is 0.0729. The Balaban J connectivity index is 1.77. The van der Waals surface area contributed by atoms with Crippen LogP contribution in [-0.4, -0.2) is 121 Å².